The minimum atomic E-state index is 0.684. The third-order valence-electron chi connectivity index (χ3n) is 4.32. The molecule has 140 valence electrons. The first-order valence-corrected chi connectivity index (χ1v) is 10.9. The van der Waals surface area contributed by atoms with Crippen LogP contribution in [0.1, 0.15) is 44.6 Å². The Balaban J connectivity index is 1.87. The maximum absolute atomic E-state index is 4.73. The van der Waals surface area contributed by atoms with Crippen molar-refractivity contribution in [2.24, 2.45) is 4.99 Å². The molecule has 0 amide bonds. The van der Waals surface area contributed by atoms with Gasteiger partial charge in [-0.2, -0.15) is 11.8 Å². The number of piperidine rings is 1. The highest BCUT2D eigenvalue weighted by molar-refractivity contribution is 7.98. The Labute approximate surface area is 157 Å². The first kappa shape index (κ1) is 19.9. The normalized spacial score (nSPS) is 15.3. The maximum atomic E-state index is 4.73. The van der Waals surface area contributed by atoms with Gasteiger partial charge in [-0.05, 0) is 68.7 Å². The van der Waals surface area contributed by atoms with Crippen molar-refractivity contribution in [3.05, 3.63) is 23.9 Å². The van der Waals surface area contributed by atoms with E-state index < -0.39 is 0 Å². The minimum Gasteiger partial charge on any atom is -0.357 e. The molecule has 6 heteroatoms. The number of rotatable bonds is 9. The van der Waals surface area contributed by atoms with E-state index in [2.05, 4.69) is 45.8 Å². The third kappa shape index (κ3) is 7.55. The lowest BCUT2D eigenvalue weighted by molar-refractivity contribution is 0.573. The van der Waals surface area contributed by atoms with Gasteiger partial charge in [0, 0.05) is 32.4 Å². The molecule has 1 aromatic heterocycles. The predicted molar refractivity (Wildman–Crippen MR) is 111 cm³/mol. The number of aromatic nitrogens is 1. The Kier molecular flexibility index (Phi) is 9.55. The van der Waals surface area contributed by atoms with E-state index in [9.17, 15) is 0 Å². The van der Waals surface area contributed by atoms with E-state index in [4.69, 9.17) is 4.99 Å². The van der Waals surface area contributed by atoms with Crippen LogP contribution >= 0.6 is 11.8 Å². The van der Waals surface area contributed by atoms with Crippen LogP contribution in [0, 0.1) is 0 Å². The zero-order valence-electron chi connectivity index (χ0n) is 15.8. The van der Waals surface area contributed by atoms with Gasteiger partial charge in [0.25, 0.3) is 0 Å². The molecule has 1 aromatic rings. The van der Waals surface area contributed by atoms with Crippen LogP contribution < -0.4 is 15.5 Å². The van der Waals surface area contributed by atoms with Crippen molar-refractivity contribution in [2.45, 2.75) is 45.6 Å². The number of thioether (sulfide) groups is 1. The van der Waals surface area contributed by atoms with Gasteiger partial charge >= 0.3 is 0 Å². The SMILES string of the molecule is CCNC(=NCc1ccnc(N2CCCCC2)c1)NCCCCSC. The standard InChI is InChI=1S/C19H33N5S/c1-3-20-19(22-10-5-8-14-25-2)23-16-17-9-11-21-18(15-17)24-12-6-4-7-13-24/h9,11,15H,3-8,10,12-14,16H2,1-2H3,(H2,20,22,23). The van der Waals surface area contributed by atoms with Gasteiger partial charge < -0.3 is 15.5 Å². The monoisotopic (exact) mass is 363 g/mol. The van der Waals surface area contributed by atoms with Gasteiger partial charge in [0.1, 0.15) is 5.82 Å². The van der Waals surface area contributed by atoms with Gasteiger partial charge in [-0.1, -0.05) is 0 Å². The summed E-state index contributed by atoms with van der Waals surface area (Å²) in [6, 6.07) is 4.26. The van der Waals surface area contributed by atoms with E-state index >= 15 is 0 Å². The van der Waals surface area contributed by atoms with E-state index in [-0.39, 0.29) is 0 Å². The van der Waals surface area contributed by atoms with Crippen LogP contribution in [0.15, 0.2) is 23.3 Å². The van der Waals surface area contributed by atoms with Crippen molar-refractivity contribution in [1.29, 1.82) is 0 Å². The Morgan fingerprint density at radius 1 is 1.24 bits per heavy atom. The average Bonchev–Trinajstić information content (AvgIpc) is 2.67. The zero-order chi connectivity index (χ0) is 17.7. The predicted octanol–water partition coefficient (Wildman–Crippen LogP) is 3.27. The van der Waals surface area contributed by atoms with Crippen LogP contribution in [0.5, 0.6) is 0 Å². The van der Waals surface area contributed by atoms with E-state index in [0.29, 0.717) is 6.54 Å². The molecular formula is C19H33N5S. The Bertz CT molecular complexity index is 514. The number of unbranched alkanes of at least 4 members (excludes halogenated alkanes) is 1. The number of nitrogens with zero attached hydrogens (tertiary/aromatic N) is 3. The largest absolute Gasteiger partial charge is 0.357 e. The molecular weight excluding hydrogens is 330 g/mol. The quantitative estimate of drug-likeness (QED) is 0.401. The number of nitrogens with one attached hydrogen (secondary N) is 2. The number of guanidine groups is 1. The van der Waals surface area contributed by atoms with Crippen LogP contribution in [0.2, 0.25) is 0 Å². The topological polar surface area (TPSA) is 52.6 Å². The maximum Gasteiger partial charge on any atom is 0.191 e. The highest BCUT2D eigenvalue weighted by Gasteiger charge is 2.12. The molecule has 5 nitrogen and oxygen atoms in total. The summed E-state index contributed by atoms with van der Waals surface area (Å²) in [5.74, 6) is 3.23. The summed E-state index contributed by atoms with van der Waals surface area (Å²) < 4.78 is 0. The summed E-state index contributed by atoms with van der Waals surface area (Å²) >= 11 is 1.91. The molecule has 2 N–H and O–H groups in total. The highest BCUT2D eigenvalue weighted by Crippen LogP contribution is 2.18. The van der Waals surface area contributed by atoms with Gasteiger partial charge in [-0.15, -0.1) is 0 Å². The van der Waals surface area contributed by atoms with Gasteiger partial charge in [0.05, 0.1) is 6.54 Å². The molecule has 0 bridgehead atoms. The number of aliphatic imine (C=N–C) groups is 1. The fraction of sp³-hybridized carbons (Fsp3) is 0.684. The summed E-state index contributed by atoms with van der Waals surface area (Å²) in [6.45, 7) is 6.89. The zero-order valence-corrected chi connectivity index (χ0v) is 16.6. The van der Waals surface area contributed by atoms with Crippen LogP contribution in [0.3, 0.4) is 0 Å². The number of hydrogen-bond acceptors (Lipinski definition) is 4. The molecule has 0 aromatic carbocycles. The number of anilines is 1. The van der Waals surface area contributed by atoms with Crippen molar-refractivity contribution >= 4 is 23.5 Å². The van der Waals surface area contributed by atoms with E-state index in [1.807, 2.05) is 18.0 Å². The molecule has 0 radical (unpaired) electrons. The number of pyridine rings is 1. The fourth-order valence-corrected chi connectivity index (χ4v) is 3.44. The Morgan fingerprint density at radius 2 is 2.08 bits per heavy atom. The molecule has 2 heterocycles. The van der Waals surface area contributed by atoms with E-state index in [1.165, 1.54) is 43.4 Å². The van der Waals surface area contributed by atoms with E-state index in [0.717, 1.165) is 38.0 Å². The minimum absolute atomic E-state index is 0.684. The van der Waals surface area contributed by atoms with Gasteiger partial charge in [-0.3, -0.25) is 0 Å². The molecule has 1 saturated heterocycles. The van der Waals surface area contributed by atoms with Crippen molar-refractivity contribution < 1.29 is 0 Å². The second-order valence-corrected chi connectivity index (χ2v) is 7.38. The molecule has 2 rings (SSSR count). The molecule has 1 fully saturated rings. The lowest BCUT2D eigenvalue weighted by Gasteiger charge is -2.27. The molecule has 0 saturated carbocycles. The Hall–Kier alpha value is -1.43. The summed E-state index contributed by atoms with van der Waals surface area (Å²) in [6.07, 6.45) is 10.4. The van der Waals surface area contributed by atoms with Crippen molar-refractivity contribution in [3.63, 3.8) is 0 Å². The second kappa shape index (κ2) is 12.0. The van der Waals surface area contributed by atoms with Crippen LogP contribution in [0.25, 0.3) is 0 Å². The Morgan fingerprint density at radius 3 is 2.84 bits per heavy atom. The van der Waals surface area contributed by atoms with Crippen molar-refractivity contribution in [2.75, 3.05) is 43.1 Å². The lowest BCUT2D eigenvalue weighted by atomic mass is 10.1. The molecule has 0 aliphatic carbocycles. The summed E-state index contributed by atoms with van der Waals surface area (Å²) in [5, 5.41) is 6.76. The first-order chi connectivity index (χ1) is 12.3. The molecule has 0 spiro atoms. The van der Waals surface area contributed by atoms with Crippen LogP contribution in [-0.4, -0.2) is 49.1 Å². The molecule has 25 heavy (non-hydrogen) atoms. The fourth-order valence-electron chi connectivity index (χ4n) is 2.95. The lowest BCUT2D eigenvalue weighted by Crippen LogP contribution is -2.37. The highest BCUT2D eigenvalue weighted by atomic mass is 32.2. The van der Waals surface area contributed by atoms with Gasteiger partial charge in [0.15, 0.2) is 5.96 Å². The summed E-state index contributed by atoms with van der Waals surface area (Å²) in [4.78, 5) is 11.7. The second-order valence-electron chi connectivity index (χ2n) is 6.39. The van der Waals surface area contributed by atoms with Crippen LogP contribution in [0.4, 0.5) is 5.82 Å². The number of hydrogen-bond donors (Lipinski definition) is 2. The average molecular weight is 364 g/mol. The van der Waals surface area contributed by atoms with Crippen LogP contribution in [-0.2, 0) is 6.54 Å². The van der Waals surface area contributed by atoms with Crippen molar-refractivity contribution in [1.82, 2.24) is 15.6 Å². The molecule has 1 aliphatic heterocycles. The van der Waals surface area contributed by atoms with Crippen molar-refractivity contribution in [3.8, 4) is 0 Å². The smallest absolute Gasteiger partial charge is 0.191 e. The van der Waals surface area contributed by atoms with E-state index in [1.54, 1.807) is 0 Å². The third-order valence-corrected chi connectivity index (χ3v) is 5.02. The van der Waals surface area contributed by atoms with Gasteiger partial charge in [-0.25, -0.2) is 9.98 Å². The molecule has 1 aliphatic rings. The van der Waals surface area contributed by atoms with Gasteiger partial charge in [0.2, 0.25) is 0 Å². The summed E-state index contributed by atoms with van der Waals surface area (Å²) in [5.41, 5.74) is 1.22. The molecule has 0 unspecified atom stereocenters. The first-order valence-electron chi connectivity index (χ1n) is 9.54. The summed E-state index contributed by atoms with van der Waals surface area (Å²) in [7, 11) is 0. The molecule has 0 atom stereocenters.